The topological polar surface area (TPSA) is 92.5 Å². The van der Waals surface area contributed by atoms with Crippen molar-refractivity contribution >= 4 is 27.3 Å². The zero-order valence-corrected chi connectivity index (χ0v) is 11.9. The van der Waals surface area contributed by atoms with Crippen molar-refractivity contribution in [1.29, 1.82) is 0 Å². The summed E-state index contributed by atoms with van der Waals surface area (Å²) in [6.07, 6.45) is 0. The highest BCUT2D eigenvalue weighted by molar-refractivity contribution is 7.89. The molecule has 3 N–H and O–H groups in total. The lowest BCUT2D eigenvalue weighted by atomic mass is 10.2. The molecule has 0 saturated heterocycles. The summed E-state index contributed by atoms with van der Waals surface area (Å²) in [5, 5.41) is 4.35. The second kappa shape index (κ2) is 6.28. The number of nitrogens with zero attached hydrogens (tertiary/aromatic N) is 1. The molecule has 0 radical (unpaired) electrons. The average molecular weight is 291 g/mol. The Bertz CT molecular complexity index is 482. The second-order valence-electron chi connectivity index (χ2n) is 3.88. The van der Waals surface area contributed by atoms with Gasteiger partial charge in [0.05, 0.1) is 5.75 Å². The summed E-state index contributed by atoms with van der Waals surface area (Å²) in [5.41, 5.74) is 5.73. The first kappa shape index (κ1) is 15.1. The number of carbonyl (C=O) groups is 1. The molecule has 0 spiro atoms. The number of rotatable bonds is 6. The number of sulfonamides is 1. The summed E-state index contributed by atoms with van der Waals surface area (Å²) in [5.74, 6) is -0.505. The van der Waals surface area contributed by atoms with Crippen molar-refractivity contribution in [3.63, 3.8) is 0 Å². The minimum absolute atomic E-state index is 0.0540. The number of carbonyl (C=O) groups excluding carboxylic acids is 1. The summed E-state index contributed by atoms with van der Waals surface area (Å²) in [7, 11) is -0.387. The van der Waals surface area contributed by atoms with Crippen LogP contribution in [0.1, 0.15) is 10.9 Å². The normalized spacial score (nSPS) is 13.6. The van der Waals surface area contributed by atoms with Crippen LogP contribution in [0, 0.1) is 0 Å². The molecule has 0 aliphatic carbocycles. The lowest BCUT2D eigenvalue weighted by Gasteiger charge is -2.13. The number of nitrogens with two attached hydrogens (primary N) is 1. The van der Waals surface area contributed by atoms with Gasteiger partial charge in [-0.15, -0.1) is 11.3 Å². The van der Waals surface area contributed by atoms with Gasteiger partial charge in [0.25, 0.3) is 0 Å². The molecule has 0 aromatic carbocycles. The van der Waals surface area contributed by atoms with Crippen molar-refractivity contribution in [2.24, 2.45) is 5.73 Å². The van der Waals surface area contributed by atoms with Crippen LogP contribution in [-0.4, -0.2) is 45.0 Å². The predicted octanol–water partition coefficient (Wildman–Crippen LogP) is -0.244. The minimum Gasteiger partial charge on any atom is -0.353 e. The zero-order valence-electron chi connectivity index (χ0n) is 10.3. The number of thiophene rings is 1. The van der Waals surface area contributed by atoms with Crippen molar-refractivity contribution in [2.45, 2.75) is 6.04 Å². The Morgan fingerprint density at radius 2 is 2.22 bits per heavy atom. The SMILES string of the molecule is CN(C)S(=O)(=O)CCNC(=O)C(N)c1cccs1. The number of amides is 1. The third-order valence-corrected chi connectivity index (χ3v) is 5.14. The number of hydrogen-bond acceptors (Lipinski definition) is 5. The number of hydrogen-bond donors (Lipinski definition) is 2. The van der Waals surface area contributed by atoms with E-state index in [-0.39, 0.29) is 18.2 Å². The van der Waals surface area contributed by atoms with E-state index in [0.717, 1.165) is 9.18 Å². The van der Waals surface area contributed by atoms with Gasteiger partial charge in [-0.1, -0.05) is 6.07 Å². The van der Waals surface area contributed by atoms with E-state index in [9.17, 15) is 13.2 Å². The van der Waals surface area contributed by atoms with E-state index in [1.165, 1.54) is 25.4 Å². The van der Waals surface area contributed by atoms with Crippen molar-refractivity contribution in [1.82, 2.24) is 9.62 Å². The molecule has 0 aliphatic heterocycles. The molecule has 1 amide bonds. The molecule has 102 valence electrons. The van der Waals surface area contributed by atoms with Crippen LogP contribution in [0.3, 0.4) is 0 Å². The molecule has 0 aliphatic rings. The van der Waals surface area contributed by atoms with Crippen LogP contribution in [-0.2, 0) is 14.8 Å². The Morgan fingerprint density at radius 1 is 1.56 bits per heavy atom. The van der Waals surface area contributed by atoms with Crippen molar-refractivity contribution in [3.8, 4) is 0 Å². The first-order valence-corrected chi connectivity index (χ1v) is 7.80. The third-order valence-electron chi connectivity index (χ3n) is 2.35. The molecule has 1 aromatic rings. The Morgan fingerprint density at radius 3 is 2.72 bits per heavy atom. The van der Waals surface area contributed by atoms with Gasteiger partial charge in [0, 0.05) is 25.5 Å². The van der Waals surface area contributed by atoms with Gasteiger partial charge in [-0.25, -0.2) is 12.7 Å². The molecule has 1 heterocycles. The molecule has 1 rings (SSSR count). The van der Waals surface area contributed by atoms with Crippen molar-refractivity contribution in [2.75, 3.05) is 26.4 Å². The Kier molecular flexibility index (Phi) is 5.27. The lowest BCUT2D eigenvalue weighted by molar-refractivity contribution is -0.122. The molecule has 1 aromatic heterocycles. The standard InChI is InChI=1S/C10H17N3O3S2/c1-13(2)18(15,16)7-5-12-10(14)9(11)8-4-3-6-17-8/h3-4,6,9H,5,7,11H2,1-2H3,(H,12,14). The van der Waals surface area contributed by atoms with Crippen LogP contribution in [0.15, 0.2) is 17.5 Å². The highest BCUT2D eigenvalue weighted by Gasteiger charge is 2.18. The van der Waals surface area contributed by atoms with Gasteiger partial charge in [-0.2, -0.15) is 0 Å². The lowest BCUT2D eigenvalue weighted by Crippen LogP contribution is -2.38. The minimum atomic E-state index is -3.29. The van der Waals surface area contributed by atoms with Crippen LogP contribution in [0.25, 0.3) is 0 Å². The molecule has 18 heavy (non-hydrogen) atoms. The predicted molar refractivity (Wildman–Crippen MR) is 71.7 cm³/mol. The van der Waals surface area contributed by atoms with Gasteiger partial charge in [0.2, 0.25) is 15.9 Å². The Hall–Kier alpha value is -0.960. The van der Waals surface area contributed by atoms with E-state index >= 15 is 0 Å². The van der Waals surface area contributed by atoms with Crippen LogP contribution in [0.4, 0.5) is 0 Å². The Labute approximate surface area is 111 Å². The average Bonchev–Trinajstić information content (AvgIpc) is 2.80. The van der Waals surface area contributed by atoms with Gasteiger partial charge >= 0.3 is 0 Å². The van der Waals surface area contributed by atoms with E-state index in [4.69, 9.17) is 5.73 Å². The first-order chi connectivity index (χ1) is 8.34. The highest BCUT2D eigenvalue weighted by atomic mass is 32.2. The van der Waals surface area contributed by atoms with E-state index in [2.05, 4.69) is 5.32 Å². The largest absolute Gasteiger partial charge is 0.353 e. The fourth-order valence-electron chi connectivity index (χ4n) is 1.19. The van der Waals surface area contributed by atoms with E-state index in [1.807, 2.05) is 11.4 Å². The molecule has 1 unspecified atom stereocenters. The van der Waals surface area contributed by atoms with Crippen molar-refractivity contribution < 1.29 is 13.2 Å². The van der Waals surface area contributed by atoms with Crippen LogP contribution in [0.5, 0.6) is 0 Å². The van der Waals surface area contributed by atoms with Gasteiger partial charge in [-0.3, -0.25) is 4.79 Å². The summed E-state index contributed by atoms with van der Waals surface area (Å²) in [6.45, 7) is 0.0540. The van der Waals surface area contributed by atoms with Crippen LogP contribution < -0.4 is 11.1 Å². The molecule has 0 fully saturated rings. The van der Waals surface area contributed by atoms with Crippen molar-refractivity contribution in [3.05, 3.63) is 22.4 Å². The Balaban J connectivity index is 2.43. The smallest absolute Gasteiger partial charge is 0.242 e. The fourth-order valence-corrected chi connectivity index (χ4v) is 2.64. The quantitative estimate of drug-likeness (QED) is 0.756. The van der Waals surface area contributed by atoms with Gasteiger partial charge in [0.15, 0.2) is 0 Å². The highest BCUT2D eigenvalue weighted by Crippen LogP contribution is 2.16. The molecular formula is C10H17N3O3S2. The maximum atomic E-state index is 11.7. The molecular weight excluding hydrogens is 274 g/mol. The molecule has 0 saturated carbocycles. The van der Waals surface area contributed by atoms with Gasteiger partial charge in [0.1, 0.15) is 6.04 Å². The molecule has 0 bridgehead atoms. The third kappa shape index (κ3) is 4.05. The monoisotopic (exact) mass is 291 g/mol. The van der Waals surface area contributed by atoms with E-state index < -0.39 is 16.1 Å². The van der Waals surface area contributed by atoms with Gasteiger partial charge < -0.3 is 11.1 Å². The summed E-state index contributed by atoms with van der Waals surface area (Å²) in [6, 6.07) is 2.84. The van der Waals surface area contributed by atoms with Gasteiger partial charge in [-0.05, 0) is 11.4 Å². The second-order valence-corrected chi connectivity index (χ2v) is 7.16. The maximum Gasteiger partial charge on any atom is 0.242 e. The molecule has 6 nitrogen and oxygen atoms in total. The molecule has 1 atom stereocenters. The zero-order chi connectivity index (χ0) is 13.8. The summed E-state index contributed by atoms with van der Waals surface area (Å²) < 4.78 is 24.0. The number of nitrogens with one attached hydrogen (secondary N) is 1. The van der Waals surface area contributed by atoms with E-state index in [0.29, 0.717) is 0 Å². The fraction of sp³-hybridized carbons (Fsp3) is 0.500. The summed E-state index contributed by atoms with van der Waals surface area (Å²) >= 11 is 1.39. The van der Waals surface area contributed by atoms with Crippen LogP contribution >= 0.6 is 11.3 Å². The summed E-state index contributed by atoms with van der Waals surface area (Å²) in [4.78, 5) is 12.4. The molecule has 8 heteroatoms. The van der Waals surface area contributed by atoms with Crippen LogP contribution in [0.2, 0.25) is 0 Å². The maximum absolute atomic E-state index is 11.7. The first-order valence-electron chi connectivity index (χ1n) is 5.31. The van der Waals surface area contributed by atoms with E-state index in [1.54, 1.807) is 6.07 Å².